The molecule has 0 bridgehead atoms. The zero-order valence-corrected chi connectivity index (χ0v) is 18.9. The average Bonchev–Trinajstić information content (AvgIpc) is 3.19. The molecule has 3 aromatic carbocycles. The van der Waals surface area contributed by atoms with E-state index >= 15 is 0 Å². The third kappa shape index (κ3) is 5.11. The van der Waals surface area contributed by atoms with Crippen LogP contribution < -0.4 is 9.62 Å². The van der Waals surface area contributed by atoms with Crippen molar-refractivity contribution in [2.24, 2.45) is 0 Å². The lowest BCUT2D eigenvalue weighted by atomic mass is 10.2. The van der Waals surface area contributed by atoms with Crippen molar-refractivity contribution in [3.05, 3.63) is 83.9 Å². The number of carbonyl (C=O) groups excluding carboxylic acids is 1. The van der Waals surface area contributed by atoms with Crippen molar-refractivity contribution in [2.45, 2.75) is 35.3 Å². The number of carbonyl (C=O) groups is 1. The first kappa shape index (κ1) is 21.5. The highest BCUT2D eigenvalue weighted by Crippen LogP contribution is 2.28. The second-order valence-electron chi connectivity index (χ2n) is 7.50. The van der Waals surface area contributed by atoms with E-state index in [2.05, 4.69) is 16.9 Å². The number of benzene rings is 3. The van der Waals surface area contributed by atoms with E-state index in [1.807, 2.05) is 37.3 Å². The number of thioether (sulfide) groups is 1. The van der Waals surface area contributed by atoms with Crippen LogP contribution in [-0.4, -0.2) is 20.9 Å². The van der Waals surface area contributed by atoms with Gasteiger partial charge in [-0.15, -0.1) is 11.8 Å². The maximum absolute atomic E-state index is 12.9. The van der Waals surface area contributed by atoms with Gasteiger partial charge in [0.2, 0.25) is 5.91 Å². The van der Waals surface area contributed by atoms with Gasteiger partial charge in [0.25, 0.3) is 10.0 Å². The van der Waals surface area contributed by atoms with Gasteiger partial charge in [-0.25, -0.2) is 8.42 Å². The number of amides is 1. The predicted molar refractivity (Wildman–Crippen MR) is 126 cm³/mol. The Morgan fingerprint density at radius 1 is 1.00 bits per heavy atom. The molecule has 0 radical (unpaired) electrons. The van der Waals surface area contributed by atoms with Gasteiger partial charge < -0.3 is 4.90 Å². The minimum absolute atomic E-state index is 0.0855. The smallest absolute Gasteiger partial charge is 0.261 e. The monoisotopic (exact) mass is 452 g/mol. The van der Waals surface area contributed by atoms with Crippen LogP contribution >= 0.6 is 11.8 Å². The summed E-state index contributed by atoms with van der Waals surface area (Å²) in [5.74, 6) is 0.898. The highest BCUT2D eigenvalue weighted by Gasteiger charge is 2.24. The SMILES string of the molecule is Cc1cc(S(=O)(=O)Nc2ccc(CSc3ccccc3)cc2)ccc1N1CCCC1=O. The third-order valence-corrected chi connectivity index (χ3v) is 7.66. The lowest BCUT2D eigenvalue weighted by Gasteiger charge is -2.19. The Balaban J connectivity index is 1.43. The fourth-order valence-corrected chi connectivity index (χ4v) is 5.59. The molecule has 4 rings (SSSR count). The Kier molecular flexibility index (Phi) is 6.34. The summed E-state index contributed by atoms with van der Waals surface area (Å²) in [5, 5.41) is 0. The summed E-state index contributed by atoms with van der Waals surface area (Å²) >= 11 is 1.74. The zero-order valence-electron chi connectivity index (χ0n) is 17.2. The van der Waals surface area contributed by atoms with Crippen LogP contribution in [0.4, 0.5) is 11.4 Å². The van der Waals surface area contributed by atoms with Crippen LogP contribution in [0, 0.1) is 6.92 Å². The van der Waals surface area contributed by atoms with Crippen molar-refractivity contribution in [3.63, 3.8) is 0 Å². The molecule has 1 aliphatic rings. The molecule has 1 saturated heterocycles. The van der Waals surface area contributed by atoms with Crippen LogP contribution in [0.5, 0.6) is 0 Å². The first-order valence-corrected chi connectivity index (χ1v) is 12.6. The molecule has 0 saturated carbocycles. The first-order valence-electron chi connectivity index (χ1n) is 10.1. The fraction of sp³-hybridized carbons (Fsp3) is 0.208. The summed E-state index contributed by atoms with van der Waals surface area (Å²) in [7, 11) is -3.72. The van der Waals surface area contributed by atoms with E-state index < -0.39 is 10.0 Å². The van der Waals surface area contributed by atoms with Crippen molar-refractivity contribution in [1.29, 1.82) is 0 Å². The predicted octanol–water partition coefficient (Wildman–Crippen LogP) is 5.21. The maximum atomic E-state index is 12.9. The Morgan fingerprint density at radius 2 is 1.74 bits per heavy atom. The lowest BCUT2D eigenvalue weighted by molar-refractivity contribution is -0.117. The number of anilines is 2. The van der Waals surface area contributed by atoms with E-state index in [0.29, 0.717) is 18.7 Å². The molecular formula is C24H24N2O3S2. The van der Waals surface area contributed by atoms with Crippen LogP contribution in [0.1, 0.15) is 24.0 Å². The second kappa shape index (κ2) is 9.16. The van der Waals surface area contributed by atoms with Crippen LogP contribution in [-0.2, 0) is 20.6 Å². The first-order chi connectivity index (χ1) is 14.9. The van der Waals surface area contributed by atoms with E-state index in [1.54, 1.807) is 47.0 Å². The van der Waals surface area contributed by atoms with Crippen LogP contribution in [0.2, 0.25) is 0 Å². The topological polar surface area (TPSA) is 66.5 Å². The number of hydrogen-bond donors (Lipinski definition) is 1. The second-order valence-corrected chi connectivity index (χ2v) is 10.2. The molecule has 3 aromatic rings. The fourth-order valence-electron chi connectivity index (χ4n) is 3.57. The van der Waals surface area contributed by atoms with Gasteiger partial charge in [-0.2, -0.15) is 0 Å². The summed E-state index contributed by atoms with van der Waals surface area (Å²) in [6.07, 6.45) is 1.38. The molecule has 1 fully saturated rings. The van der Waals surface area contributed by atoms with Gasteiger partial charge in [-0.05, 0) is 66.9 Å². The molecule has 1 N–H and O–H groups in total. The minimum atomic E-state index is -3.72. The molecule has 31 heavy (non-hydrogen) atoms. The van der Waals surface area contributed by atoms with Gasteiger partial charge in [0.15, 0.2) is 0 Å². The van der Waals surface area contributed by atoms with Gasteiger partial charge in [0.05, 0.1) is 4.90 Å². The van der Waals surface area contributed by atoms with Crippen LogP contribution in [0.3, 0.4) is 0 Å². The number of nitrogens with one attached hydrogen (secondary N) is 1. The molecule has 5 nitrogen and oxygen atoms in total. The summed E-state index contributed by atoms with van der Waals surface area (Å²) in [5.41, 5.74) is 3.19. The number of sulfonamides is 1. The van der Waals surface area contributed by atoms with E-state index in [4.69, 9.17) is 0 Å². The third-order valence-electron chi connectivity index (χ3n) is 5.20. The van der Waals surface area contributed by atoms with Crippen molar-refractivity contribution in [3.8, 4) is 0 Å². The molecule has 1 heterocycles. The van der Waals surface area contributed by atoms with Crippen molar-refractivity contribution in [2.75, 3.05) is 16.2 Å². The minimum Gasteiger partial charge on any atom is -0.312 e. The van der Waals surface area contributed by atoms with Crippen LogP contribution in [0.25, 0.3) is 0 Å². The van der Waals surface area contributed by atoms with Gasteiger partial charge >= 0.3 is 0 Å². The molecule has 0 aromatic heterocycles. The molecule has 0 atom stereocenters. The molecule has 1 amide bonds. The Hall–Kier alpha value is -2.77. The Bertz CT molecular complexity index is 1180. The largest absolute Gasteiger partial charge is 0.312 e. The normalized spacial score (nSPS) is 14.1. The molecular weight excluding hydrogens is 428 g/mol. The summed E-state index contributed by atoms with van der Waals surface area (Å²) in [4.78, 5) is 15.1. The van der Waals surface area contributed by atoms with Gasteiger partial charge in [-0.3, -0.25) is 9.52 Å². The molecule has 0 unspecified atom stereocenters. The standard InChI is InChI=1S/C24H24N2O3S2/c1-18-16-22(13-14-23(18)26-15-5-8-24(26)27)31(28,29)25-20-11-9-19(10-12-20)17-30-21-6-3-2-4-7-21/h2-4,6-7,9-14,16,25H,5,8,15,17H2,1H3. The molecule has 7 heteroatoms. The molecule has 160 valence electrons. The molecule has 1 aliphatic heterocycles. The van der Waals surface area contributed by atoms with E-state index in [-0.39, 0.29) is 10.8 Å². The number of aryl methyl sites for hydroxylation is 1. The Labute approximate surface area is 187 Å². The van der Waals surface area contributed by atoms with Crippen molar-refractivity contribution < 1.29 is 13.2 Å². The van der Waals surface area contributed by atoms with E-state index in [0.717, 1.165) is 29.0 Å². The van der Waals surface area contributed by atoms with E-state index in [9.17, 15) is 13.2 Å². The van der Waals surface area contributed by atoms with Crippen molar-refractivity contribution >= 4 is 39.1 Å². The van der Waals surface area contributed by atoms with Gasteiger partial charge in [0, 0.05) is 35.0 Å². The van der Waals surface area contributed by atoms with Gasteiger partial charge in [0.1, 0.15) is 0 Å². The lowest BCUT2D eigenvalue weighted by Crippen LogP contribution is -2.24. The quantitative estimate of drug-likeness (QED) is 0.500. The number of hydrogen-bond acceptors (Lipinski definition) is 4. The highest BCUT2D eigenvalue weighted by atomic mass is 32.2. The Morgan fingerprint density at radius 3 is 2.39 bits per heavy atom. The van der Waals surface area contributed by atoms with Crippen LogP contribution in [0.15, 0.2) is 82.6 Å². The average molecular weight is 453 g/mol. The van der Waals surface area contributed by atoms with Gasteiger partial charge in [-0.1, -0.05) is 30.3 Å². The number of nitrogens with zero attached hydrogens (tertiary/aromatic N) is 1. The number of rotatable bonds is 7. The summed E-state index contributed by atoms with van der Waals surface area (Å²) in [6.45, 7) is 2.51. The molecule has 0 spiro atoms. The summed E-state index contributed by atoms with van der Waals surface area (Å²) < 4.78 is 28.3. The van der Waals surface area contributed by atoms with E-state index in [1.165, 1.54) is 4.90 Å². The van der Waals surface area contributed by atoms with Crippen molar-refractivity contribution in [1.82, 2.24) is 0 Å². The maximum Gasteiger partial charge on any atom is 0.261 e. The summed E-state index contributed by atoms with van der Waals surface area (Å²) in [6, 6.07) is 22.5. The highest BCUT2D eigenvalue weighted by molar-refractivity contribution is 7.98. The molecule has 0 aliphatic carbocycles. The zero-order chi connectivity index (χ0) is 21.8.